The van der Waals surface area contributed by atoms with Gasteiger partial charge in [-0.3, -0.25) is 4.79 Å². The summed E-state index contributed by atoms with van der Waals surface area (Å²) in [6.45, 7) is 0.530. The molecular formula is C27H22N2O3. The Morgan fingerprint density at radius 2 is 1.75 bits per heavy atom. The van der Waals surface area contributed by atoms with E-state index in [1.807, 2.05) is 84.9 Å². The van der Waals surface area contributed by atoms with Crippen LogP contribution in [-0.2, 0) is 6.42 Å². The smallest absolute Gasteiger partial charge is 0.252 e. The molecule has 5 aromatic rings. The second-order valence-electron chi connectivity index (χ2n) is 7.57. The minimum Gasteiger partial charge on any atom is -0.497 e. The van der Waals surface area contributed by atoms with Gasteiger partial charge in [-0.15, -0.1) is 0 Å². The number of amides is 1. The predicted molar refractivity (Wildman–Crippen MR) is 126 cm³/mol. The zero-order valence-corrected chi connectivity index (χ0v) is 17.7. The number of furan rings is 1. The van der Waals surface area contributed by atoms with Crippen molar-refractivity contribution in [3.8, 4) is 17.2 Å². The highest BCUT2D eigenvalue weighted by Crippen LogP contribution is 2.29. The number of hydrogen-bond donors (Lipinski definition) is 1. The van der Waals surface area contributed by atoms with Crippen LogP contribution in [0.25, 0.3) is 33.3 Å². The molecule has 5 rings (SSSR count). The van der Waals surface area contributed by atoms with Gasteiger partial charge in [0, 0.05) is 17.3 Å². The first kappa shape index (κ1) is 19.8. The molecule has 0 aliphatic heterocycles. The molecule has 0 aliphatic carbocycles. The molecular weight excluding hydrogens is 400 g/mol. The molecule has 5 nitrogen and oxygen atoms in total. The number of nitrogens with one attached hydrogen (secondary N) is 1. The van der Waals surface area contributed by atoms with Crippen LogP contribution >= 0.6 is 0 Å². The topological polar surface area (TPSA) is 64.4 Å². The molecule has 2 heterocycles. The Hall–Kier alpha value is -4.12. The number of carbonyl (C=O) groups excluding carboxylic acids is 1. The molecule has 3 aromatic carbocycles. The van der Waals surface area contributed by atoms with Crippen molar-refractivity contribution < 1.29 is 13.9 Å². The number of rotatable bonds is 6. The fourth-order valence-corrected chi connectivity index (χ4v) is 3.81. The summed E-state index contributed by atoms with van der Waals surface area (Å²) in [4.78, 5) is 17.9. The molecule has 158 valence electrons. The van der Waals surface area contributed by atoms with Gasteiger partial charge in [0.05, 0.1) is 18.2 Å². The molecule has 0 atom stereocenters. The number of hydrogen-bond acceptors (Lipinski definition) is 4. The van der Waals surface area contributed by atoms with Gasteiger partial charge in [-0.1, -0.05) is 48.5 Å². The average molecular weight is 422 g/mol. The Morgan fingerprint density at radius 3 is 2.56 bits per heavy atom. The van der Waals surface area contributed by atoms with Gasteiger partial charge >= 0.3 is 0 Å². The molecule has 1 N–H and O–H groups in total. The van der Waals surface area contributed by atoms with E-state index in [-0.39, 0.29) is 5.91 Å². The summed E-state index contributed by atoms with van der Waals surface area (Å²) in [5.41, 5.74) is 3.91. The molecule has 32 heavy (non-hydrogen) atoms. The lowest BCUT2D eigenvalue weighted by molar-refractivity contribution is 0.0955. The molecule has 0 fully saturated rings. The van der Waals surface area contributed by atoms with Crippen molar-refractivity contribution in [1.29, 1.82) is 0 Å². The first-order valence-electron chi connectivity index (χ1n) is 10.5. The van der Waals surface area contributed by atoms with Crippen LogP contribution in [0.4, 0.5) is 0 Å². The van der Waals surface area contributed by atoms with E-state index >= 15 is 0 Å². The number of fused-ring (bicyclic) bond motifs is 2. The second-order valence-corrected chi connectivity index (χ2v) is 7.57. The van der Waals surface area contributed by atoms with Crippen molar-refractivity contribution in [3.05, 3.63) is 96.1 Å². The van der Waals surface area contributed by atoms with E-state index in [0.717, 1.165) is 39.6 Å². The van der Waals surface area contributed by atoms with Crippen LogP contribution in [-0.4, -0.2) is 24.5 Å². The van der Waals surface area contributed by atoms with E-state index in [0.29, 0.717) is 23.6 Å². The monoisotopic (exact) mass is 422 g/mol. The number of carbonyl (C=O) groups is 1. The highest BCUT2D eigenvalue weighted by molar-refractivity contribution is 6.07. The number of aromatic nitrogens is 1. The van der Waals surface area contributed by atoms with Crippen LogP contribution in [0.5, 0.6) is 5.75 Å². The molecule has 5 heteroatoms. The number of para-hydroxylation sites is 2. The van der Waals surface area contributed by atoms with Gasteiger partial charge < -0.3 is 14.5 Å². The maximum atomic E-state index is 13.1. The maximum absolute atomic E-state index is 13.1. The highest BCUT2D eigenvalue weighted by Gasteiger charge is 2.16. The number of nitrogens with zero attached hydrogens (tertiary/aromatic N) is 1. The second kappa shape index (κ2) is 8.55. The number of ether oxygens (including phenoxy) is 1. The van der Waals surface area contributed by atoms with Crippen LogP contribution in [0.1, 0.15) is 15.9 Å². The third-order valence-corrected chi connectivity index (χ3v) is 5.50. The van der Waals surface area contributed by atoms with Crippen LogP contribution in [0, 0.1) is 0 Å². The van der Waals surface area contributed by atoms with Crippen molar-refractivity contribution in [2.75, 3.05) is 13.7 Å². The van der Waals surface area contributed by atoms with Gasteiger partial charge in [0.15, 0.2) is 5.76 Å². The standard InChI is InChI=1S/C27H22N2O3/c1-31-20-12-10-18(11-13-20)14-15-28-27(30)22-17-24(29-23-8-4-3-7-21(22)23)26-16-19-6-2-5-9-25(19)32-26/h2-13,16-17H,14-15H2,1H3,(H,28,30). The fourth-order valence-electron chi connectivity index (χ4n) is 3.81. The van der Waals surface area contributed by atoms with E-state index < -0.39 is 0 Å². The zero-order valence-electron chi connectivity index (χ0n) is 17.7. The Morgan fingerprint density at radius 1 is 0.969 bits per heavy atom. The third kappa shape index (κ3) is 3.93. The molecule has 0 saturated heterocycles. The highest BCUT2D eigenvalue weighted by atomic mass is 16.5. The molecule has 0 bridgehead atoms. The van der Waals surface area contributed by atoms with Crippen LogP contribution in [0.15, 0.2) is 89.3 Å². The quantitative estimate of drug-likeness (QED) is 0.385. The van der Waals surface area contributed by atoms with Crippen molar-refractivity contribution in [2.24, 2.45) is 0 Å². The summed E-state index contributed by atoms with van der Waals surface area (Å²) >= 11 is 0. The fraction of sp³-hybridized carbons (Fsp3) is 0.111. The van der Waals surface area contributed by atoms with Crippen LogP contribution < -0.4 is 10.1 Å². The Balaban J connectivity index is 1.42. The maximum Gasteiger partial charge on any atom is 0.252 e. The Labute approximate surface area is 185 Å². The lowest BCUT2D eigenvalue weighted by Crippen LogP contribution is -2.26. The molecule has 0 aliphatic rings. The van der Waals surface area contributed by atoms with E-state index in [2.05, 4.69) is 5.32 Å². The number of pyridine rings is 1. The molecule has 0 unspecified atom stereocenters. The van der Waals surface area contributed by atoms with Gasteiger partial charge in [-0.05, 0) is 48.4 Å². The third-order valence-electron chi connectivity index (χ3n) is 5.50. The summed E-state index contributed by atoms with van der Waals surface area (Å²) in [5.74, 6) is 1.33. The van der Waals surface area contributed by atoms with Crippen molar-refractivity contribution >= 4 is 27.8 Å². The minimum absolute atomic E-state index is 0.130. The van der Waals surface area contributed by atoms with Gasteiger partial charge in [-0.2, -0.15) is 0 Å². The molecule has 0 spiro atoms. The van der Waals surface area contributed by atoms with Gasteiger partial charge in [0.1, 0.15) is 17.0 Å². The van der Waals surface area contributed by atoms with Gasteiger partial charge in [0.2, 0.25) is 0 Å². The first-order valence-corrected chi connectivity index (χ1v) is 10.5. The van der Waals surface area contributed by atoms with Gasteiger partial charge in [0.25, 0.3) is 5.91 Å². The Kier molecular flexibility index (Phi) is 5.30. The van der Waals surface area contributed by atoms with E-state index in [4.69, 9.17) is 14.1 Å². The summed E-state index contributed by atoms with van der Waals surface area (Å²) < 4.78 is 11.2. The number of benzene rings is 3. The zero-order chi connectivity index (χ0) is 21.9. The van der Waals surface area contributed by atoms with Crippen LogP contribution in [0.2, 0.25) is 0 Å². The summed E-state index contributed by atoms with van der Waals surface area (Å²) in [6.07, 6.45) is 0.731. The summed E-state index contributed by atoms with van der Waals surface area (Å²) in [7, 11) is 1.65. The Bertz CT molecular complexity index is 1370. The first-order chi connectivity index (χ1) is 15.7. The summed E-state index contributed by atoms with van der Waals surface area (Å²) in [6, 6.07) is 27.1. The largest absolute Gasteiger partial charge is 0.497 e. The van der Waals surface area contributed by atoms with Crippen molar-refractivity contribution in [3.63, 3.8) is 0 Å². The molecule has 1 amide bonds. The van der Waals surface area contributed by atoms with Gasteiger partial charge in [-0.25, -0.2) is 4.98 Å². The van der Waals surface area contributed by atoms with E-state index in [1.54, 1.807) is 7.11 Å². The summed E-state index contributed by atoms with van der Waals surface area (Å²) in [5, 5.41) is 4.86. The normalized spacial score (nSPS) is 11.0. The predicted octanol–water partition coefficient (Wildman–Crippen LogP) is 5.63. The molecule has 2 aromatic heterocycles. The van der Waals surface area contributed by atoms with Crippen LogP contribution in [0.3, 0.4) is 0 Å². The average Bonchev–Trinajstić information content (AvgIpc) is 3.28. The van der Waals surface area contributed by atoms with E-state index in [1.165, 1.54) is 0 Å². The lowest BCUT2D eigenvalue weighted by atomic mass is 10.1. The molecule has 0 radical (unpaired) electrons. The minimum atomic E-state index is -0.130. The number of methoxy groups -OCH3 is 1. The van der Waals surface area contributed by atoms with Crippen molar-refractivity contribution in [2.45, 2.75) is 6.42 Å². The lowest BCUT2D eigenvalue weighted by Gasteiger charge is -2.10. The SMILES string of the molecule is COc1ccc(CCNC(=O)c2cc(-c3cc4ccccc4o3)nc3ccccc23)cc1. The van der Waals surface area contributed by atoms with Crippen molar-refractivity contribution in [1.82, 2.24) is 10.3 Å². The molecule has 0 saturated carbocycles. The van der Waals surface area contributed by atoms with E-state index in [9.17, 15) is 4.79 Å².